The van der Waals surface area contributed by atoms with Crippen LogP contribution in [0.5, 0.6) is 0 Å². The van der Waals surface area contributed by atoms with E-state index >= 15 is 0 Å². The van der Waals surface area contributed by atoms with Crippen molar-refractivity contribution in [1.82, 2.24) is 0 Å². The Kier molecular flexibility index (Phi) is 9.08. The average molecular weight is 310 g/mol. The molecule has 0 spiro atoms. The second kappa shape index (κ2) is 10.6. The predicted octanol–water partition coefficient (Wildman–Crippen LogP) is 0.972. The number of hydrogen-bond acceptors (Lipinski definition) is 6. The minimum atomic E-state index is -1.22. The largest absolute Gasteiger partial charge is 0.483 e. The maximum atomic E-state index is 11.6. The number of ether oxygens (including phenoxy) is 2. The van der Waals surface area contributed by atoms with Crippen molar-refractivity contribution in [3.63, 3.8) is 0 Å². The third-order valence-corrected chi connectivity index (χ3v) is 2.10. The van der Waals surface area contributed by atoms with Crippen LogP contribution in [-0.4, -0.2) is 47.8 Å². The van der Waals surface area contributed by atoms with Gasteiger partial charge >= 0.3 is 17.9 Å². The van der Waals surface area contributed by atoms with E-state index in [1.54, 1.807) is 0 Å². The van der Waals surface area contributed by atoms with Crippen LogP contribution in [0, 0.1) is 0 Å². The predicted molar refractivity (Wildman–Crippen MR) is 73.5 cm³/mol. The van der Waals surface area contributed by atoms with Gasteiger partial charge in [0.25, 0.3) is 6.47 Å². The molecule has 0 bridgehead atoms. The summed E-state index contributed by atoms with van der Waals surface area (Å²) in [6, 6.07) is 5.69. The van der Waals surface area contributed by atoms with Crippen LogP contribution < -0.4 is 0 Å². The molecule has 0 radical (unpaired) electrons. The lowest BCUT2D eigenvalue weighted by Gasteiger charge is -2.07. The van der Waals surface area contributed by atoms with Crippen molar-refractivity contribution in [1.29, 1.82) is 0 Å². The molecule has 0 aliphatic heterocycles. The molecule has 0 amide bonds. The molecule has 0 saturated carbocycles. The third-order valence-electron chi connectivity index (χ3n) is 2.10. The zero-order valence-electron chi connectivity index (χ0n) is 11.4. The fraction of sp³-hybridized carbons (Fsp3) is 0.143. The lowest BCUT2D eigenvalue weighted by Crippen LogP contribution is -2.15. The van der Waals surface area contributed by atoms with Crippen LogP contribution in [0.1, 0.15) is 20.7 Å². The van der Waals surface area contributed by atoms with E-state index in [1.165, 1.54) is 24.3 Å². The van der Waals surface area contributed by atoms with Gasteiger partial charge in [0.2, 0.25) is 0 Å². The summed E-state index contributed by atoms with van der Waals surface area (Å²) < 4.78 is 9.40. The highest BCUT2D eigenvalue weighted by Crippen LogP contribution is 2.10. The molecule has 22 heavy (non-hydrogen) atoms. The Labute approximate surface area is 125 Å². The smallest absolute Gasteiger partial charge is 0.339 e. The van der Waals surface area contributed by atoms with Crippen LogP contribution in [0.4, 0.5) is 0 Å². The first kappa shape index (κ1) is 18.8. The van der Waals surface area contributed by atoms with E-state index < -0.39 is 17.9 Å². The van der Waals surface area contributed by atoms with E-state index in [9.17, 15) is 14.4 Å². The van der Waals surface area contributed by atoms with Gasteiger partial charge in [-0.3, -0.25) is 4.79 Å². The quantitative estimate of drug-likeness (QED) is 0.344. The van der Waals surface area contributed by atoms with Gasteiger partial charge in [-0.1, -0.05) is 18.7 Å². The number of carbonyl (C=O) groups excluding carboxylic acids is 2. The van der Waals surface area contributed by atoms with Gasteiger partial charge in [-0.25, -0.2) is 14.4 Å². The van der Waals surface area contributed by atoms with Crippen molar-refractivity contribution in [3.05, 3.63) is 48.0 Å². The molecule has 0 saturated heterocycles. The standard InChI is InChI=1S/C13H12O6.CH2O2/c1-2-11(14)18-7-8-19-13(17)10-6-4-3-5-9(10)12(15)16;2-1-3/h2-6H,1,7-8H2,(H,15,16);1H,(H,2,3). The highest BCUT2D eigenvalue weighted by atomic mass is 16.6. The number of carbonyl (C=O) groups is 4. The Morgan fingerprint density at radius 1 is 1.09 bits per heavy atom. The Morgan fingerprint density at radius 2 is 1.59 bits per heavy atom. The van der Waals surface area contributed by atoms with Crippen LogP contribution >= 0.6 is 0 Å². The first-order valence-corrected chi connectivity index (χ1v) is 5.84. The highest BCUT2D eigenvalue weighted by Gasteiger charge is 2.16. The van der Waals surface area contributed by atoms with Gasteiger partial charge in [-0.05, 0) is 12.1 Å². The topological polar surface area (TPSA) is 127 Å². The molecule has 1 aromatic carbocycles. The third kappa shape index (κ3) is 6.85. The Bertz CT molecular complexity index is 550. The molecule has 1 rings (SSSR count). The van der Waals surface area contributed by atoms with Gasteiger partial charge in [0.1, 0.15) is 13.2 Å². The van der Waals surface area contributed by atoms with Gasteiger partial charge in [-0.2, -0.15) is 0 Å². The number of benzene rings is 1. The molecule has 0 atom stereocenters. The summed E-state index contributed by atoms with van der Waals surface area (Å²) in [6.45, 7) is 2.68. The van der Waals surface area contributed by atoms with Crippen molar-refractivity contribution in [3.8, 4) is 0 Å². The number of carboxylic acid groups (broad SMARTS) is 2. The normalized spacial score (nSPS) is 8.73. The van der Waals surface area contributed by atoms with Crippen molar-refractivity contribution < 1.29 is 38.9 Å². The second-order valence-electron chi connectivity index (χ2n) is 3.46. The SMILES string of the molecule is C=CC(=O)OCCOC(=O)c1ccccc1C(=O)O.O=CO. The Morgan fingerprint density at radius 3 is 2.09 bits per heavy atom. The van der Waals surface area contributed by atoms with Crippen molar-refractivity contribution in [2.75, 3.05) is 13.2 Å². The van der Waals surface area contributed by atoms with Crippen molar-refractivity contribution >= 4 is 24.4 Å². The van der Waals surface area contributed by atoms with E-state index in [0.29, 0.717) is 0 Å². The maximum Gasteiger partial charge on any atom is 0.339 e. The summed E-state index contributed by atoms with van der Waals surface area (Å²) in [5.41, 5.74) is -0.194. The van der Waals surface area contributed by atoms with E-state index in [4.69, 9.17) is 19.7 Å². The highest BCUT2D eigenvalue weighted by molar-refractivity contribution is 6.02. The molecule has 0 fully saturated rings. The molecule has 8 nitrogen and oxygen atoms in total. The number of aromatic carboxylic acids is 1. The number of rotatable bonds is 6. The molecular weight excluding hydrogens is 296 g/mol. The van der Waals surface area contributed by atoms with E-state index in [-0.39, 0.29) is 30.8 Å². The van der Waals surface area contributed by atoms with Crippen LogP contribution in [-0.2, 0) is 19.1 Å². The average Bonchev–Trinajstić information content (AvgIpc) is 2.51. The molecule has 2 N–H and O–H groups in total. The van der Waals surface area contributed by atoms with Gasteiger partial charge < -0.3 is 19.7 Å². The second-order valence-corrected chi connectivity index (χ2v) is 3.46. The molecule has 0 unspecified atom stereocenters. The van der Waals surface area contributed by atoms with Crippen LogP contribution in [0.3, 0.4) is 0 Å². The Balaban J connectivity index is 0.00000135. The lowest BCUT2D eigenvalue weighted by atomic mass is 10.1. The summed E-state index contributed by atoms with van der Waals surface area (Å²) >= 11 is 0. The summed E-state index contributed by atoms with van der Waals surface area (Å²) in [6.07, 6.45) is 0.988. The lowest BCUT2D eigenvalue weighted by molar-refractivity contribution is -0.138. The fourth-order valence-corrected chi connectivity index (χ4v) is 1.26. The first-order chi connectivity index (χ1) is 10.5. The van der Waals surface area contributed by atoms with Crippen molar-refractivity contribution in [2.45, 2.75) is 0 Å². The van der Waals surface area contributed by atoms with Gasteiger partial charge in [0.15, 0.2) is 0 Å². The van der Waals surface area contributed by atoms with Gasteiger partial charge in [0.05, 0.1) is 11.1 Å². The first-order valence-electron chi connectivity index (χ1n) is 5.84. The molecular formula is C14H14O8. The van der Waals surface area contributed by atoms with E-state index in [2.05, 4.69) is 11.3 Å². The molecule has 1 aromatic rings. The van der Waals surface area contributed by atoms with E-state index in [0.717, 1.165) is 6.08 Å². The van der Waals surface area contributed by atoms with E-state index in [1.807, 2.05) is 0 Å². The minimum absolute atomic E-state index is 0.0509. The summed E-state index contributed by atoms with van der Waals surface area (Å²) in [4.78, 5) is 41.6. The van der Waals surface area contributed by atoms with Gasteiger partial charge in [-0.15, -0.1) is 0 Å². The molecule has 118 valence electrons. The molecule has 0 heterocycles. The monoisotopic (exact) mass is 310 g/mol. The van der Waals surface area contributed by atoms with Crippen molar-refractivity contribution in [2.24, 2.45) is 0 Å². The fourth-order valence-electron chi connectivity index (χ4n) is 1.26. The zero-order chi connectivity index (χ0) is 17.0. The minimum Gasteiger partial charge on any atom is -0.483 e. The molecule has 0 aliphatic rings. The van der Waals surface area contributed by atoms with Crippen LogP contribution in [0.2, 0.25) is 0 Å². The number of esters is 2. The molecule has 0 aromatic heterocycles. The molecule has 0 aliphatic carbocycles. The summed E-state index contributed by atoms with van der Waals surface area (Å²) in [5.74, 6) is -2.62. The Hall–Kier alpha value is -3.16. The van der Waals surface area contributed by atoms with Crippen LogP contribution in [0.15, 0.2) is 36.9 Å². The number of carboxylic acids is 1. The van der Waals surface area contributed by atoms with Gasteiger partial charge in [0, 0.05) is 6.08 Å². The molecule has 8 heteroatoms. The zero-order valence-corrected chi connectivity index (χ0v) is 11.4. The van der Waals surface area contributed by atoms with Crippen LogP contribution in [0.25, 0.3) is 0 Å². The maximum absolute atomic E-state index is 11.6. The summed E-state index contributed by atoms with van der Waals surface area (Å²) in [7, 11) is 0. The number of hydrogen-bond donors (Lipinski definition) is 2. The summed E-state index contributed by atoms with van der Waals surface area (Å²) in [5, 5.41) is 15.8.